The van der Waals surface area contributed by atoms with E-state index < -0.39 is 5.97 Å². The van der Waals surface area contributed by atoms with Crippen LogP contribution in [0.4, 0.5) is 5.69 Å². The molecule has 2 aromatic carbocycles. The van der Waals surface area contributed by atoms with Crippen LogP contribution in [0.1, 0.15) is 11.1 Å². The molecule has 0 saturated carbocycles. The molecule has 21 heavy (non-hydrogen) atoms. The minimum atomic E-state index is -0.892. The fourth-order valence-corrected chi connectivity index (χ4v) is 2.15. The Morgan fingerprint density at radius 1 is 1.00 bits per heavy atom. The number of rotatable bonds is 6. The molecule has 0 unspecified atom stereocenters. The van der Waals surface area contributed by atoms with Crippen LogP contribution < -0.4 is 4.90 Å². The van der Waals surface area contributed by atoms with Gasteiger partial charge in [0, 0.05) is 17.3 Å². The first-order valence-corrected chi connectivity index (χ1v) is 6.87. The Labute approximate surface area is 128 Å². The third-order valence-electron chi connectivity index (χ3n) is 3.10. The maximum Gasteiger partial charge on any atom is 0.323 e. The van der Waals surface area contributed by atoms with E-state index in [1.54, 1.807) is 29.2 Å². The van der Waals surface area contributed by atoms with Crippen molar-refractivity contribution in [2.24, 2.45) is 0 Å². The second-order valence-electron chi connectivity index (χ2n) is 4.70. The molecule has 5 heteroatoms. The second kappa shape index (κ2) is 7.11. The standard InChI is InChI=1S/C16H16ClNO3/c17-14-5-7-15(8-6-14)18(10-16(20)21)9-12-1-3-13(11-19)4-2-12/h1-8,19H,9-11H2,(H,20,21). The van der Waals surface area contributed by atoms with Crippen LogP contribution in [-0.4, -0.2) is 22.7 Å². The number of nitrogens with zero attached hydrogens (tertiary/aromatic N) is 1. The Hall–Kier alpha value is -2.04. The van der Waals surface area contributed by atoms with Crippen molar-refractivity contribution in [1.82, 2.24) is 0 Å². The molecule has 0 atom stereocenters. The SMILES string of the molecule is O=C(O)CN(Cc1ccc(CO)cc1)c1ccc(Cl)cc1. The number of aliphatic hydroxyl groups is 1. The van der Waals surface area contributed by atoms with Gasteiger partial charge >= 0.3 is 5.97 Å². The van der Waals surface area contributed by atoms with E-state index in [2.05, 4.69) is 0 Å². The lowest BCUT2D eigenvalue weighted by atomic mass is 10.1. The Morgan fingerprint density at radius 3 is 2.10 bits per heavy atom. The molecule has 2 N–H and O–H groups in total. The summed E-state index contributed by atoms with van der Waals surface area (Å²) < 4.78 is 0. The van der Waals surface area contributed by atoms with Crippen LogP contribution in [0.25, 0.3) is 0 Å². The Bertz CT molecular complexity index is 596. The number of hydrogen-bond acceptors (Lipinski definition) is 3. The lowest BCUT2D eigenvalue weighted by Gasteiger charge is -2.23. The van der Waals surface area contributed by atoms with Gasteiger partial charge in [0.2, 0.25) is 0 Å². The summed E-state index contributed by atoms with van der Waals surface area (Å²) in [6, 6.07) is 14.5. The summed E-state index contributed by atoms with van der Waals surface area (Å²) in [4.78, 5) is 12.8. The summed E-state index contributed by atoms with van der Waals surface area (Å²) in [5, 5.41) is 18.7. The van der Waals surface area contributed by atoms with E-state index in [1.165, 1.54) is 0 Å². The zero-order chi connectivity index (χ0) is 15.2. The van der Waals surface area contributed by atoms with Gasteiger partial charge in [-0.2, -0.15) is 0 Å². The number of carboxylic acids is 1. The van der Waals surface area contributed by atoms with Crippen molar-refractivity contribution in [3.63, 3.8) is 0 Å². The van der Waals surface area contributed by atoms with Gasteiger partial charge in [0.05, 0.1) is 6.61 Å². The first-order valence-electron chi connectivity index (χ1n) is 6.49. The van der Waals surface area contributed by atoms with Gasteiger partial charge in [-0.1, -0.05) is 35.9 Å². The van der Waals surface area contributed by atoms with Gasteiger partial charge in [-0.05, 0) is 35.4 Å². The lowest BCUT2D eigenvalue weighted by Crippen LogP contribution is -2.29. The van der Waals surface area contributed by atoms with Crippen LogP contribution in [0.15, 0.2) is 48.5 Å². The van der Waals surface area contributed by atoms with Crippen molar-refractivity contribution in [2.75, 3.05) is 11.4 Å². The molecule has 0 aromatic heterocycles. The van der Waals surface area contributed by atoms with Gasteiger partial charge in [-0.25, -0.2) is 0 Å². The van der Waals surface area contributed by atoms with Gasteiger partial charge in [0.1, 0.15) is 6.54 Å². The summed E-state index contributed by atoms with van der Waals surface area (Å²) in [5.41, 5.74) is 2.60. The van der Waals surface area contributed by atoms with Crippen LogP contribution in [0.3, 0.4) is 0 Å². The number of carbonyl (C=O) groups is 1. The van der Waals surface area contributed by atoms with E-state index in [9.17, 15) is 4.79 Å². The molecule has 110 valence electrons. The highest BCUT2D eigenvalue weighted by Crippen LogP contribution is 2.20. The molecule has 0 spiro atoms. The van der Waals surface area contributed by atoms with Gasteiger partial charge in [-0.15, -0.1) is 0 Å². The highest BCUT2D eigenvalue weighted by atomic mass is 35.5. The van der Waals surface area contributed by atoms with Crippen LogP contribution in [0.2, 0.25) is 5.02 Å². The number of benzene rings is 2. The first kappa shape index (κ1) is 15.4. The third kappa shape index (κ3) is 4.48. The Morgan fingerprint density at radius 2 is 1.57 bits per heavy atom. The van der Waals surface area contributed by atoms with Crippen LogP contribution >= 0.6 is 11.6 Å². The maximum absolute atomic E-state index is 11.0. The van der Waals surface area contributed by atoms with Crippen molar-refractivity contribution < 1.29 is 15.0 Å². The smallest absolute Gasteiger partial charge is 0.323 e. The minimum Gasteiger partial charge on any atom is -0.480 e. The molecule has 0 aliphatic rings. The average Bonchev–Trinajstić information content (AvgIpc) is 2.48. The Kier molecular flexibility index (Phi) is 5.20. The molecule has 0 saturated heterocycles. The van der Waals surface area contributed by atoms with Crippen molar-refractivity contribution in [3.05, 3.63) is 64.7 Å². The normalized spacial score (nSPS) is 10.4. The van der Waals surface area contributed by atoms with Crippen LogP contribution in [-0.2, 0) is 17.9 Å². The molecular weight excluding hydrogens is 290 g/mol. The third-order valence-corrected chi connectivity index (χ3v) is 3.35. The van der Waals surface area contributed by atoms with Crippen LogP contribution in [0.5, 0.6) is 0 Å². The van der Waals surface area contributed by atoms with Crippen molar-refractivity contribution >= 4 is 23.3 Å². The molecular formula is C16H16ClNO3. The zero-order valence-electron chi connectivity index (χ0n) is 11.4. The number of hydrogen-bond donors (Lipinski definition) is 2. The summed E-state index contributed by atoms with van der Waals surface area (Å²) in [5.74, 6) is -0.892. The number of aliphatic carboxylic acids is 1. The highest BCUT2D eigenvalue weighted by molar-refractivity contribution is 6.30. The van der Waals surface area contributed by atoms with E-state index in [4.69, 9.17) is 21.8 Å². The highest BCUT2D eigenvalue weighted by Gasteiger charge is 2.11. The monoisotopic (exact) mass is 305 g/mol. The van der Waals surface area contributed by atoms with E-state index >= 15 is 0 Å². The fourth-order valence-electron chi connectivity index (χ4n) is 2.02. The van der Waals surface area contributed by atoms with Gasteiger partial charge in [-0.3, -0.25) is 4.79 Å². The average molecular weight is 306 g/mol. The van der Waals surface area contributed by atoms with Gasteiger partial charge in [0.25, 0.3) is 0 Å². The van der Waals surface area contributed by atoms with Crippen LogP contribution in [0, 0.1) is 0 Å². The fraction of sp³-hybridized carbons (Fsp3) is 0.188. The summed E-state index contributed by atoms with van der Waals surface area (Å²) in [7, 11) is 0. The Balaban J connectivity index is 2.19. The predicted molar refractivity (Wildman–Crippen MR) is 82.5 cm³/mol. The molecule has 0 bridgehead atoms. The molecule has 2 aromatic rings. The summed E-state index contributed by atoms with van der Waals surface area (Å²) >= 11 is 5.86. The number of carboxylic acid groups (broad SMARTS) is 1. The quantitative estimate of drug-likeness (QED) is 0.861. The van der Waals surface area contributed by atoms with Crippen molar-refractivity contribution in [1.29, 1.82) is 0 Å². The largest absolute Gasteiger partial charge is 0.480 e. The predicted octanol–water partition coefficient (Wildman–Crippen LogP) is 2.92. The summed E-state index contributed by atoms with van der Waals surface area (Å²) in [6.07, 6.45) is 0. The van der Waals surface area contributed by atoms with Crippen molar-refractivity contribution in [2.45, 2.75) is 13.2 Å². The van der Waals surface area contributed by atoms with E-state index in [0.717, 1.165) is 16.8 Å². The number of anilines is 1. The molecule has 4 nitrogen and oxygen atoms in total. The van der Waals surface area contributed by atoms with E-state index in [-0.39, 0.29) is 13.2 Å². The van der Waals surface area contributed by atoms with E-state index in [0.29, 0.717) is 11.6 Å². The van der Waals surface area contributed by atoms with Gasteiger partial charge in [0.15, 0.2) is 0 Å². The zero-order valence-corrected chi connectivity index (χ0v) is 12.1. The van der Waals surface area contributed by atoms with Gasteiger partial charge < -0.3 is 15.1 Å². The first-order chi connectivity index (χ1) is 10.1. The molecule has 2 rings (SSSR count). The molecule has 0 amide bonds. The lowest BCUT2D eigenvalue weighted by molar-refractivity contribution is -0.135. The molecule has 0 aliphatic heterocycles. The minimum absolute atomic E-state index is 0.00367. The number of halogens is 1. The molecule has 0 aliphatic carbocycles. The second-order valence-corrected chi connectivity index (χ2v) is 5.14. The van der Waals surface area contributed by atoms with Crippen molar-refractivity contribution in [3.8, 4) is 0 Å². The molecule has 0 radical (unpaired) electrons. The summed E-state index contributed by atoms with van der Waals surface area (Å²) in [6.45, 7) is 0.374. The molecule has 0 fully saturated rings. The maximum atomic E-state index is 11.0. The topological polar surface area (TPSA) is 60.8 Å². The number of aliphatic hydroxyl groups excluding tert-OH is 1. The van der Waals surface area contributed by atoms with E-state index in [1.807, 2.05) is 24.3 Å². The molecule has 0 heterocycles.